The Bertz CT molecular complexity index is 1610. The summed E-state index contributed by atoms with van der Waals surface area (Å²) in [7, 11) is 0. The van der Waals surface area contributed by atoms with Gasteiger partial charge in [0.25, 0.3) is 0 Å². The summed E-state index contributed by atoms with van der Waals surface area (Å²) in [6, 6.07) is 21.5. The Morgan fingerprint density at radius 2 is 1.77 bits per heavy atom. The summed E-state index contributed by atoms with van der Waals surface area (Å²) in [5, 5.41) is 9.94. The highest BCUT2D eigenvalue weighted by Crippen LogP contribution is 2.34. The van der Waals surface area contributed by atoms with Crippen molar-refractivity contribution in [1.82, 2.24) is 19.9 Å². The van der Waals surface area contributed by atoms with Gasteiger partial charge in [-0.2, -0.15) is 5.10 Å². The second-order valence-electron chi connectivity index (χ2n) is 9.43. The van der Waals surface area contributed by atoms with E-state index in [1.54, 1.807) is 6.07 Å². The first-order valence-corrected chi connectivity index (χ1v) is 11.9. The van der Waals surface area contributed by atoms with Crippen molar-refractivity contribution >= 4 is 28.0 Å². The minimum absolute atomic E-state index is 0.435. The van der Waals surface area contributed by atoms with E-state index in [4.69, 9.17) is 10.7 Å². The third-order valence-corrected chi connectivity index (χ3v) is 7.42. The van der Waals surface area contributed by atoms with E-state index in [-0.39, 0.29) is 0 Å². The number of aromatic nitrogens is 3. The number of nitrogens with one attached hydrogen (secondary N) is 1. The van der Waals surface area contributed by atoms with Crippen molar-refractivity contribution in [3.05, 3.63) is 84.8 Å². The summed E-state index contributed by atoms with van der Waals surface area (Å²) in [6.45, 7) is 2.16. The Morgan fingerprint density at radius 3 is 2.54 bits per heavy atom. The third-order valence-electron chi connectivity index (χ3n) is 7.42. The van der Waals surface area contributed by atoms with Crippen LogP contribution in [-0.4, -0.2) is 45.7 Å². The second kappa shape index (κ2) is 7.65. The van der Waals surface area contributed by atoms with E-state index in [1.807, 2.05) is 53.4 Å². The van der Waals surface area contributed by atoms with Gasteiger partial charge in [0, 0.05) is 59.9 Å². The fourth-order valence-electron chi connectivity index (χ4n) is 5.70. The molecule has 4 heterocycles. The zero-order valence-corrected chi connectivity index (χ0v) is 19.1. The number of nitrogens with zero attached hydrogens (tertiary/aromatic N) is 4. The second-order valence-corrected chi connectivity index (χ2v) is 9.43. The Kier molecular flexibility index (Phi) is 4.41. The predicted octanol–water partition coefficient (Wildman–Crippen LogP) is 3.87. The van der Waals surface area contributed by atoms with Gasteiger partial charge in [0.1, 0.15) is 0 Å². The minimum Gasteiger partial charge on any atom is -0.366 e. The van der Waals surface area contributed by atoms with Crippen molar-refractivity contribution < 1.29 is 4.79 Å². The van der Waals surface area contributed by atoms with Crippen LogP contribution in [0.4, 0.5) is 5.69 Å². The van der Waals surface area contributed by atoms with E-state index in [0.717, 1.165) is 51.8 Å². The van der Waals surface area contributed by atoms with E-state index < -0.39 is 5.91 Å². The lowest BCUT2D eigenvalue weighted by molar-refractivity contribution is 0.100. The fourth-order valence-corrected chi connectivity index (χ4v) is 5.70. The van der Waals surface area contributed by atoms with Crippen molar-refractivity contribution in [3.63, 3.8) is 0 Å². The average Bonchev–Trinajstić information content (AvgIpc) is 3.64. The summed E-state index contributed by atoms with van der Waals surface area (Å²) >= 11 is 0. The zero-order valence-electron chi connectivity index (χ0n) is 19.1. The Hall–Kier alpha value is -4.23. The molecule has 0 unspecified atom stereocenters. The largest absolute Gasteiger partial charge is 0.366 e. The van der Waals surface area contributed by atoms with Crippen molar-refractivity contribution in [1.29, 1.82) is 0 Å². The van der Waals surface area contributed by atoms with Crippen LogP contribution in [-0.2, 0) is 0 Å². The Balaban J connectivity index is 1.24. The number of piperazine rings is 1. The molecule has 35 heavy (non-hydrogen) atoms. The Labute approximate surface area is 202 Å². The normalized spacial score (nSPS) is 19.1. The van der Waals surface area contributed by atoms with Crippen LogP contribution in [0.25, 0.3) is 38.7 Å². The zero-order chi connectivity index (χ0) is 23.5. The van der Waals surface area contributed by atoms with Gasteiger partial charge in [-0.3, -0.25) is 4.79 Å². The van der Waals surface area contributed by atoms with Crippen LogP contribution in [0.2, 0.25) is 0 Å². The van der Waals surface area contributed by atoms with Crippen LogP contribution < -0.4 is 16.0 Å². The maximum absolute atomic E-state index is 11.9. The standard InChI is InChI=1S/C28H24N6O/c29-27(35)25-6-2-3-22-23(25)4-1-5-24(22)26-14-32-34-15-18(12-31-28(26)34)17-7-9-20(10-8-17)33-16-19-11-21(33)13-30-19/h1-10,12,14-15,19,21,30H,11,13,16H2,(H2,29,35)/t19-,21-/m0/s1. The van der Waals surface area contributed by atoms with E-state index in [0.29, 0.717) is 17.6 Å². The van der Waals surface area contributed by atoms with Crippen molar-refractivity contribution in [3.8, 4) is 22.3 Å². The number of amides is 1. The first-order valence-electron chi connectivity index (χ1n) is 11.9. The van der Waals surface area contributed by atoms with Gasteiger partial charge in [0.05, 0.1) is 6.20 Å². The number of carbonyl (C=O) groups excluding carboxylic acids is 1. The van der Waals surface area contributed by atoms with Gasteiger partial charge in [-0.25, -0.2) is 9.50 Å². The number of hydrogen-bond acceptors (Lipinski definition) is 5. The molecule has 2 aromatic heterocycles. The maximum atomic E-state index is 11.9. The molecule has 2 fully saturated rings. The average molecular weight is 461 g/mol. The lowest BCUT2D eigenvalue weighted by Crippen LogP contribution is -2.43. The van der Waals surface area contributed by atoms with E-state index in [2.05, 4.69) is 39.6 Å². The minimum atomic E-state index is -0.435. The number of benzene rings is 3. The topological polar surface area (TPSA) is 88.5 Å². The van der Waals surface area contributed by atoms with E-state index >= 15 is 0 Å². The molecule has 7 nitrogen and oxygen atoms in total. The first kappa shape index (κ1) is 20.2. The van der Waals surface area contributed by atoms with Gasteiger partial charge in [0.2, 0.25) is 5.91 Å². The molecular weight excluding hydrogens is 436 g/mol. The number of rotatable bonds is 4. The molecule has 2 bridgehead atoms. The molecule has 3 N–H and O–H groups in total. The van der Waals surface area contributed by atoms with Crippen LogP contribution in [0.15, 0.2) is 79.3 Å². The molecular formula is C28H24N6O. The van der Waals surface area contributed by atoms with Crippen molar-refractivity contribution in [2.45, 2.75) is 18.5 Å². The van der Waals surface area contributed by atoms with Gasteiger partial charge < -0.3 is 16.0 Å². The molecule has 7 heteroatoms. The molecule has 1 amide bonds. The highest BCUT2D eigenvalue weighted by atomic mass is 16.1. The number of anilines is 1. The summed E-state index contributed by atoms with van der Waals surface area (Å²) in [6.07, 6.45) is 6.99. The number of carbonyl (C=O) groups is 1. The molecule has 7 rings (SSSR count). The first-order chi connectivity index (χ1) is 17.2. The lowest BCUT2D eigenvalue weighted by Gasteiger charge is -2.29. The maximum Gasteiger partial charge on any atom is 0.249 e. The molecule has 172 valence electrons. The smallest absolute Gasteiger partial charge is 0.249 e. The number of fused-ring (bicyclic) bond motifs is 4. The molecule has 0 saturated carbocycles. The molecule has 2 saturated heterocycles. The molecule has 5 aromatic rings. The molecule has 0 spiro atoms. The molecule has 0 radical (unpaired) electrons. The summed E-state index contributed by atoms with van der Waals surface area (Å²) in [5.41, 5.74) is 12.2. The highest BCUT2D eigenvalue weighted by Gasteiger charge is 2.37. The van der Waals surface area contributed by atoms with Gasteiger partial charge in [-0.1, -0.05) is 42.5 Å². The quantitative estimate of drug-likeness (QED) is 0.425. The van der Waals surface area contributed by atoms with Crippen LogP contribution in [0.1, 0.15) is 16.8 Å². The Morgan fingerprint density at radius 1 is 0.943 bits per heavy atom. The lowest BCUT2D eigenvalue weighted by atomic mass is 9.96. The van der Waals surface area contributed by atoms with Crippen LogP contribution in [0.5, 0.6) is 0 Å². The van der Waals surface area contributed by atoms with Gasteiger partial charge in [-0.05, 0) is 46.5 Å². The summed E-state index contributed by atoms with van der Waals surface area (Å²) in [4.78, 5) is 19.2. The van der Waals surface area contributed by atoms with Crippen molar-refractivity contribution in [2.24, 2.45) is 5.73 Å². The SMILES string of the molecule is NC(=O)c1cccc2c(-c3cnn4cc(-c5ccc(N6C[C@@H]7C[C@H]6CN7)cc5)cnc34)cccc12. The van der Waals surface area contributed by atoms with Crippen molar-refractivity contribution in [2.75, 3.05) is 18.0 Å². The molecule has 2 aliphatic rings. The van der Waals surface area contributed by atoms with Gasteiger partial charge in [0.15, 0.2) is 5.65 Å². The number of hydrogen-bond donors (Lipinski definition) is 2. The third kappa shape index (κ3) is 3.19. The molecule has 3 aromatic carbocycles. The van der Waals surface area contributed by atoms with Gasteiger partial charge >= 0.3 is 0 Å². The number of primary amides is 1. The molecule has 2 atom stereocenters. The van der Waals surface area contributed by atoms with Crippen LogP contribution >= 0.6 is 0 Å². The summed E-state index contributed by atoms with van der Waals surface area (Å²) < 4.78 is 1.82. The highest BCUT2D eigenvalue weighted by molar-refractivity contribution is 6.10. The summed E-state index contributed by atoms with van der Waals surface area (Å²) in [5.74, 6) is -0.435. The molecule has 0 aliphatic carbocycles. The fraction of sp³-hybridized carbons (Fsp3) is 0.179. The van der Waals surface area contributed by atoms with E-state index in [9.17, 15) is 4.79 Å². The van der Waals surface area contributed by atoms with E-state index in [1.165, 1.54) is 12.1 Å². The van der Waals surface area contributed by atoms with Gasteiger partial charge in [-0.15, -0.1) is 0 Å². The van der Waals surface area contributed by atoms with Crippen LogP contribution in [0, 0.1) is 0 Å². The predicted molar refractivity (Wildman–Crippen MR) is 137 cm³/mol. The van der Waals surface area contributed by atoms with Crippen LogP contribution in [0.3, 0.4) is 0 Å². The number of nitrogens with two attached hydrogens (primary N) is 1. The molecule has 2 aliphatic heterocycles. The monoisotopic (exact) mass is 460 g/mol.